The number of halogens is 2. The van der Waals surface area contributed by atoms with Gasteiger partial charge in [0.1, 0.15) is 11.6 Å². The molecule has 0 saturated carbocycles. The van der Waals surface area contributed by atoms with E-state index in [0.29, 0.717) is 10.6 Å². The van der Waals surface area contributed by atoms with Crippen LogP contribution in [0.3, 0.4) is 0 Å². The lowest BCUT2D eigenvalue weighted by atomic mass is 10.2. The lowest BCUT2D eigenvalue weighted by Crippen LogP contribution is -2.23. The second-order valence-electron chi connectivity index (χ2n) is 6.21. The fourth-order valence-electron chi connectivity index (χ4n) is 2.68. The van der Waals surface area contributed by atoms with Crippen LogP contribution in [-0.4, -0.2) is 21.4 Å². The van der Waals surface area contributed by atoms with Crippen molar-refractivity contribution in [1.29, 1.82) is 0 Å². The Labute approximate surface area is 178 Å². The number of hydrogen-bond donors (Lipinski definition) is 2. The molecule has 3 rings (SSSR count). The normalized spacial score (nSPS) is 11.2. The Hall–Kier alpha value is -2.94. The van der Waals surface area contributed by atoms with Crippen LogP contribution in [0.5, 0.6) is 5.75 Å². The first-order valence-electron chi connectivity index (χ1n) is 8.79. The molecule has 0 spiro atoms. The van der Waals surface area contributed by atoms with Gasteiger partial charge < -0.3 is 10.1 Å². The highest BCUT2D eigenvalue weighted by Gasteiger charge is 2.19. The maximum Gasteiger partial charge on any atom is 0.258 e. The van der Waals surface area contributed by atoms with Gasteiger partial charge in [-0.2, -0.15) is 0 Å². The molecule has 0 heterocycles. The zero-order valence-electron chi connectivity index (χ0n) is 15.9. The third kappa shape index (κ3) is 4.96. The van der Waals surface area contributed by atoms with Gasteiger partial charge in [0, 0.05) is 11.6 Å². The van der Waals surface area contributed by atoms with E-state index in [0.717, 1.165) is 6.07 Å². The van der Waals surface area contributed by atoms with Gasteiger partial charge in [-0.15, -0.1) is 0 Å². The number of sulfonamides is 1. The van der Waals surface area contributed by atoms with E-state index in [4.69, 9.17) is 16.3 Å². The van der Waals surface area contributed by atoms with E-state index < -0.39 is 21.7 Å². The van der Waals surface area contributed by atoms with Crippen molar-refractivity contribution in [3.8, 4) is 5.75 Å². The molecular formula is C21H18ClFN2O4S. The average Bonchev–Trinajstić information content (AvgIpc) is 2.73. The van der Waals surface area contributed by atoms with Crippen LogP contribution in [0.15, 0.2) is 71.6 Å². The molecule has 0 aliphatic heterocycles. The van der Waals surface area contributed by atoms with Gasteiger partial charge in [0.25, 0.3) is 5.91 Å². The summed E-state index contributed by atoms with van der Waals surface area (Å²) >= 11 is 6.06. The van der Waals surface area contributed by atoms with Crippen LogP contribution < -0.4 is 14.8 Å². The van der Waals surface area contributed by atoms with Crippen LogP contribution >= 0.6 is 11.6 Å². The van der Waals surface area contributed by atoms with Gasteiger partial charge in [-0.05, 0) is 42.0 Å². The van der Waals surface area contributed by atoms with Crippen molar-refractivity contribution in [2.45, 2.75) is 11.4 Å². The molecule has 0 fully saturated rings. The van der Waals surface area contributed by atoms with Crippen molar-refractivity contribution in [2.24, 2.45) is 0 Å². The lowest BCUT2D eigenvalue weighted by molar-refractivity contribution is 0.102. The Morgan fingerprint density at radius 1 is 1.07 bits per heavy atom. The monoisotopic (exact) mass is 448 g/mol. The molecule has 0 saturated heterocycles. The Balaban J connectivity index is 1.85. The number of anilines is 1. The molecule has 6 nitrogen and oxygen atoms in total. The molecule has 2 N–H and O–H groups in total. The van der Waals surface area contributed by atoms with Crippen molar-refractivity contribution in [1.82, 2.24) is 4.72 Å². The highest BCUT2D eigenvalue weighted by molar-refractivity contribution is 7.89. The molecule has 1 amide bonds. The van der Waals surface area contributed by atoms with Crippen molar-refractivity contribution in [2.75, 3.05) is 12.4 Å². The Bertz CT molecular complexity index is 1190. The Kier molecular flexibility index (Phi) is 6.71. The van der Waals surface area contributed by atoms with E-state index in [9.17, 15) is 17.6 Å². The van der Waals surface area contributed by atoms with Gasteiger partial charge in [0.15, 0.2) is 0 Å². The maximum atomic E-state index is 13.9. The molecule has 0 atom stereocenters. The predicted molar refractivity (Wildman–Crippen MR) is 113 cm³/mol. The first kappa shape index (κ1) is 21.8. The zero-order valence-corrected chi connectivity index (χ0v) is 17.4. The number of amides is 1. The van der Waals surface area contributed by atoms with Gasteiger partial charge in [-0.1, -0.05) is 41.9 Å². The summed E-state index contributed by atoms with van der Waals surface area (Å²) in [5.41, 5.74) is 0.528. The molecule has 0 bridgehead atoms. The summed E-state index contributed by atoms with van der Waals surface area (Å²) < 4.78 is 47.0. The minimum atomic E-state index is -3.92. The standard InChI is InChI=1S/C21H18ClFN2O4S/c1-29-20-11-10-15(30(27,28)24-13-14-6-2-4-8-17(14)22)12-19(20)25-21(26)16-7-3-5-9-18(16)23/h2-12,24H,13H2,1H3,(H,25,26). The molecular weight excluding hydrogens is 431 g/mol. The highest BCUT2D eigenvalue weighted by Crippen LogP contribution is 2.28. The minimum Gasteiger partial charge on any atom is -0.495 e. The van der Waals surface area contributed by atoms with E-state index in [2.05, 4.69) is 10.0 Å². The number of nitrogens with one attached hydrogen (secondary N) is 2. The first-order chi connectivity index (χ1) is 14.3. The van der Waals surface area contributed by atoms with E-state index in [-0.39, 0.29) is 28.4 Å². The van der Waals surface area contributed by atoms with Crippen LogP contribution in [0.25, 0.3) is 0 Å². The number of hydrogen-bond acceptors (Lipinski definition) is 4. The van der Waals surface area contributed by atoms with E-state index in [1.807, 2.05) is 0 Å². The number of rotatable bonds is 7. The summed E-state index contributed by atoms with van der Waals surface area (Å²) in [7, 11) is -2.55. The fraction of sp³-hybridized carbons (Fsp3) is 0.0952. The van der Waals surface area contributed by atoms with Crippen LogP contribution in [0, 0.1) is 5.82 Å². The number of ether oxygens (including phenoxy) is 1. The second-order valence-corrected chi connectivity index (χ2v) is 8.39. The molecule has 0 aliphatic carbocycles. The summed E-state index contributed by atoms with van der Waals surface area (Å²) in [6.07, 6.45) is 0. The van der Waals surface area contributed by atoms with Crippen molar-refractivity contribution in [3.63, 3.8) is 0 Å². The topological polar surface area (TPSA) is 84.5 Å². The third-order valence-electron chi connectivity index (χ3n) is 4.26. The zero-order chi connectivity index (χ0) is 21.7. The quantitative estimate of drug-likeness (QED) is 0.566. The SMILES string of the molecule is COc1ccc(S(=O)(=O)NCc2ccccc2Cl)cc1NC(=O)c1ccccc1F. The number of carbonyl (C=O) groups is 1. The highest BCUT2D eigenvalue weighted by atomic mass is 35.5. The molecule has 0 aromatic heterocycles. The van der Waals surface area contributed by atoms with Crippen molar-refractivity contribution in [3.05, 3.63) is 88.7 Å². The second kappa shape index (κ2) is 9.25. The maximum absolute atomic E-state index is 13.9. The molecule has 30 heavy (non-hydrogen) atoms. The van der Waals surface area contributed by atoms with Gasteiger partial charge in [-0.3, -0.25) is 4.79 Å². The van der Waals surface area contributed by atoms with Gasteiger partial charge in [-0.25, -0.2) is 17.5 Å². The molecule has 9 heteroatoms. The predicted octanol–water partition coefficient (Wildman–Crippen LogP) is 4.22. The molecule has 0 radical (unpaired) electrons. The Morgan fingerprint density at radius 2 is 1.77 bits per heavy atom. The Morgan fingerprint density at radius 3 is 2.47 bits per heavy atom. The molecule has 3 aromatic carbocycles. The summed E-state index contributed by atoms with van der Waals surface area (Å²) in [6, 6.07) is 16.3. The average molecular weight is 449 g/mol. The van der Waals surface area contributed by atoms with Crippen LogP contribution in [0.2, 0.25) is 5.02 Å². The summed E-state index contributed by atoms with van der Waals surface area (Å²) in [5.74, 6) is -1.20. The van der Waals surface area contributed by atoms with Crippen LogP contribution in [0.4, 0.5) is 10.1 Å². The molecule has 156 valence electrons. The lowest BCUT2D eigenvalue weighted by Gasteiger charge is -2.13. The first-order valence-corrected chi connectivity index (χ1v) is 10.6. The fourth-order valence-corrected chi connectivity index (χ4v) is 3.92. The van der Waals surface area contributed by atoms with E-state index in [1.54, 1.807) is 24.3 Å². The van der Waals surface area contributed by atoms with E-state index >= 15 is 0 Å². The number of benzene rings is 3. The van der Waals surface area contributed by atoms with Crippen LogP contribution in [-0.2, 0) is 16.6 Å². The van der Waals surface area contributed by atoms with Gasteiger partial charge in [0.05, 0.1) is 23.3 Å². The number of methoxy groups -OCH3 is 1. The van der Waals surface area contributed by atoms with Gasteiger partial charge in [0.2, 0.25) is 10.0 Å². The largest absolute Gasteiger partial charge is 0.495 e. The summed E-state index contributed by atoms with van der Waals surface area (Å²) in [5, 5.41) is 2.93. The summed E-state index contributed by atoms with van der Waals surface area (Å²) in [4.78, 5) is 12.3. The van der Waals surface area contributed by atoms with Crippen molar-refractivity contribution < 1.29 is 22.3 Å². The van der Waals surface area contributed by atoms with Crippen molar-refractivity contribution >= 4 is 33.2 Å². The minimum absolute atomic E-state index is 0.00897. The van der Waals surface area contributed by atoms with E-state index in [1.165, 1.54) is 43.5 Å². The van der Waals surface area contributed by atoms with Crippen LogP contribution in [0.1, 0.15) is 15.9 Å². The smallest absolute Gasteiger partial charge is 0.258 e. The number of carbonyl (C=O) groups excluding carboxylic acids is 1. The summed E-state index contributed by atoms with van der Waals surface area (Å²) in [6.45, 7) is -0.00897. The third-order valence-corrected chi connectivity index (χ3v) is 6.03. The van der Waals surface area contributed by atoms with Gasteiger partial charge >= 0.3 is 0 Å². The molecule has 0 unspecified atom stereocenters. The molecule has 0 aliphatic rings. The molecule has 3 aromatic rings.